The summed E-state index contributed by atoms with van der Waals surface area (Å²) in [6, 6.07) is 13.2. The lowest BCUT2D eigenvalue weighted by Gasteiger charge is -2.18. The topological polar surface area (TPSA) is 86.7 Å². The summed E-state index contributed by atoms with van der Waals surface area (Å²) in [6.45, 7) is 1.48. The summed E-state index contributed by atoms with van der Waals surface area (Å²) in [5.74, 6) is -1.41. The van der Waals surface area contributed by atoms with Gasteiger partial charge in [0.25, 0.3) is 5.91 Å². The third kappa shape index (κ3) is 4.08. The maximum Gasteiger partial charge on any atom is 0.335 e. The van der Waals surface area contributed by atoms with Crippen LogP contribution in [0.15, 0.2) is 48.5 Å². The fraction of sp³-hybridized carbons (Fsp3) is 0.250. The van der Waals surface area contributed by atoms with Gasteiger partial charge in [-0.05, 0) is 42.7 Å². The Morgan fingerprint density at radius 2 is 1.73 bits per heavy atom. The number of aromatic carboxylic acids is 1. The number of benzene rings is 2. The van der Waals surface area contributed by atoms with Crippen molar-refractivity contribution >= 4 is 23.5 Å². The highest BCUT2D eigenvalue weighted by molar-refractivity contribution is 6.04. The molecule has 0 aromatic heterocycles. The molecule has 6 nitrogen and oxygen atoms in total. The van der Waals surface area contributed by atoms with Gasteiger partial charge in [0.2, 0.25) is 5.91 Å². The molecule has 0 atom stereocenters. The molecule has 1 aliphatic heterocycles. The van der Waals surface area contributed by atoms with Gasteiger partial charge in [0, 0.05) is 13.1 Å². The number of amides is 2. The highest BCUT2D eigenvalue weighted by atomic mass is 16.4. The zero-order valence-electron chi connectivity index (χ0n) is 14.3. The van der Waals surface area contributed by atoms with Crippen molar-refractivity contribution in [2.24, 2.45) is 0 Å². The molecule has 3 rings (SSSR count). The lowest BCUT2D eigenvalue weighted by Crippen LogP contribution is -2.29. The van der Waals surface area contributed by atoms with E-state index in [0.717, 1.165) is 25.9 Å². The summed E-state index contributed by atoms with van der Waals surface area (Å²) in [4.78, 5) is 37.8. The number of nitrogens with one attached hydrogen (secondary N) is 1. The van der Waals surface area contributed by atoms with E-state index in [1.54, 1.807) is 41.3 Å². The summed E-state index contributed by atoms with van der Waals surface area (Å²) in [7, 11) is 0. The van der Waals surface area contributed by atoms with E-state index in [-0.39, 0.29) is 23.8 Å². The Balaban J connectivity index is 1.72. The maximum atomic E-state index is 12.6. The Morgan fingerprint density at radius 3 is 2.46 bits per heavy atom. The number of carbonyl (C=O) groups excluding carboxylic acids is 2. The van der Waals surface area contributed by atoms with Crippen molar-refractivity contribution in [3.05, 3.63) is 65.2 Å². The maximum absolute atomic E-state index is 12.6. The fourth-order valence-electron chi connectivity index (χ4n) is 3.06. The summed E-state index contributed by atoms with van der Waals surface area (Å²) in [5, 5.41) is 11.8. The van der Waals surface area contributed by atoms with E-state index in [1.807, 2.05) is 0 Å². The second-order valence-electron chi connectivity index (χ2n) is 6.28. The normalized spacial score (nSPS) is 13.5. The minimum absolute atomic E-state index is 0.0351. The van der Waals surface area contributed by atoms with E-state index in [9.17, 15) is 14.4 Å². The minimum Gasteiger partial charge on any atom is -0.478 e. The minimum atomic E-state index is -1.03. The third-order valence-corrected chi connectivity index (χ3v) is 4.36. The number of hydrogen-bond donors (Lipinski definition) is 2. The van der Waals surface area contributed by atoms with Gasteiger partial charge in [-0.2, -0.15) is 0 Å². The highest BCUT2D eigenvalue weighted by Crippen LogP contribution is 2.20. The number of carbonyl (C=O) groups is 3. The van der Waals surface area contributed by atoms with Crippen molar-refractivity contribution in [2.45, 2.75) is 19.3 Å². The molecule has 1 heterocycles. The number of para-hydroxylation sites is 1. The quantitative estimate of drug-likeness (QED) is 0.866. The number of likely N-dealkylation sites (tertiary alicyclic amines) is 1. The van der Waals surface area contributed by atoms with Crippen molar-refractivity contribution in [3.63, 3.8) is 0 Å². The largest absolute Gasteiger partial charge is 0.478 e. The molecule has 1 saturated heterocycles. The molecule has 0 saturated carbocycles. The van der Waals surface area contributed by atoms with E-state index < -0.39 is 5.97 Å². The van der Waals surface area contributed by atoms with E-state index in [0.29, 0.717) is 16.8 Å². The van der Waals surface area contributed by atoms with E-state index in [4.69, 9.17) is 5.11 Å². The monoisotopic (exact) mass is 352 g/mol. The average Bonchev–Trinajstić information content (AvgIpc) is 3.16. The average molecular weight is 352 g/mol. The van der Waals surface area contributed by atoms with Crippen molar-refractivity contribution in [1.82, 2.24) is 4.90 Å². The van der Waals surface area contributed by atoms with Crippen LogP contribution >= 0.6 is 0 Å². The van der Waals surface area contributed by atoms with Crippen LogP contribution in [0.1, 0.15) is 39.1 Å². The van der Waals surface area contributed by atoms with E-state index >= 15 is 0 Å². The molecule has 0 spiro atoms. The summed E-state index contributed by atoms with van der Waals surface area (Å²) in [5.41, 5.74) is 1.69. The molecule has 2 amide bonds. The first-order chi connectivity index (χ1) is 12.5. The second kappa shape index (κ2) is 7.82. The van der Waals surface area contributed by atoms with Gasteiger partial charge < -0.3 is 15.3 Å². The van der Waals surface area contributed by atoms with E-state index in [1.165, 1.54) is 12.1 Å². The van der Waals surface area contributed by atoms with E-state index in [2.05, 4.69) is 5.32 Å². The van der Waals surface area contributed by atoms with Crippen LogP contribution in [0.5, 0.6) is 0 Å². The molecule has 0 unspecified atom stereocenters. The van der Waals surface area contributed by atoms with Gasteiger partial charge in [0.15, 0.2) is 0 Å². The zero-order valence-corrected chi connectivity index (χ0v) is 14.3. The first kappa shape index (κ1) is 17.7. The predicted octanol–water partition coefficient (Wildman–Crippen LogP) is 2.80. The second-order valence-corrected chi connectivity index (χ2v) is 6.28. The molecular weight excluding hydrogens is 332 g/mol. The number of anilines is 1. The Kier molecular flexibility index (Phi) is 5.31. The van der Waals surface area contributed by atoms with Crippen molar-refractivity contribution in [2.75, 3.05) is 18.4 Å². The number of carboxylic acid groups (broad SMARTS) is 1. The van der Waals surface area contributed by atoms with Gasteiger partial charge in [-0.25, -0.2) is 4.79 Å². The molecular formula is C20H20N2O4. The van der Waals surface area contributed by atoms with Crippen LogP contribution in [0.4, 0.5) is 5.69 Å². The van der Waals surface area contributed by atoms with Crippen LogP contribution in [-0.4, -0.2) is 40.9 Å². The van der Waals surface area contributed by atoms with Crippen LogP contribution in [-0.2, 0) is 11.2 Å². The number of nitrogens with zero attached hydrogens (tertiary/aromatic N) is 1. The molecule has 26 heavy (non-hydrogen) atoms. The molecule has 2 N–H and O–H groups in total. The van der Waals surface area contributed by atoms with Gasteiger partial charge >= 0.3 is 5.97 Å². The molecule has 0 radical (unpaired) electrons. The standard InChI is InChI=1S/C20H20N2O4/c23-18(13-14-6-5-7-15(12-14)20(25)26)21-17-9-2-1-8-16(17)19(24)22-10-3-4-11-22/h1-2,5-9,12H,3-4,10-11,13H2,(H,21,23)(H,25,26). The van der Waals surface area contributed by atoms with Gasteiger partial charge in [0.05, 0.1) is 23.2 Å². The lowest BCUT2D eigenvalue weighted by atomic mass is 10.1. The number of rotatable bonds is 5. The van der Waals surface area contributed by atoms with Gasteiger partial charge in [0.1, 0.15) is 0 Å². The summed E-state index contributed by atoms with van der Waals surface area (Å²) in [6.07, 6.45) is 2.04. The Morgan fingerprint density at radius 1 is 1.00 bits per heavy atom. The van der Waals surface area contributed by atoms with Crippen molar-refractivity contribution in [3.8, 4) is 0 Å². The first-order valence-electron chi connectivity index (χ1n) is 8.55. The fourth-order valence-corrected chi connectivity index (χ4v) is 3.06. The van der Waals surface area contributed by atoms with Crippen molar-refractivity contribution < 1.29 is 19.5 Å². The summed E-state index contributed by atoms with van der Waals surface area (Å²) < 4.78 is 0. The molecule has 1 aliphatic rings. The molecule has 2 aromatic rings. The molecule has 2 aromatic carbocycles. The van der Waals surface area contributed by atoms with Crippen LogP contribution in [0, 0.1) is 0 Å². The molecule has 0 bridgehead atoms. The zero-order chi connectivity index (χ0) is 18.5. The Hall–Kier alpha value is -3.15. The molecule has 134 valence electrons. The molecule has 0 aliphatic carbocycles. The predicted molar refractivity (Wildman–Crippen MR) is 97.3 cm³/mol. The highest BCUT2D eigenvalue weighted by Gasteiger charge is 2.22. The van der Waals surface area contributed by atoms with Crippen LogP contribution in [0.25, 0.3) is 0 Å². The van der Waals surface area contributed by atoms with Gasteiger partial charge in [-0.1, -0.05) is 24.3 Å². The number of carboxylic acids is 1. The lowest BCUT2D eigenvalue weighted by molar-refractivity contribution is -0.115. The van der Waals surface area contributed by atoms with Crippen molar-refractivity contribution in [1.29, 1.82) is 0 Å². The van der Waals surface area contributed by atoms with Gasteiger partial charge in [-0.3, -0.25) is 9.59 Å². The number of hydrogen-bond acceptors (Lipinski definition) is 3. The van der Waals surface area contributed by atoms with Crippen LogP contribution < -0.4 is 5.32 Å². The molecule has 1 fully saturated rings. The van der Waals surface area contributed by atoms with Crippen LogP contribution in [0.2, 0.25) is 0 Å². The van der Waals surface area contributed by atoms with Crippen LogP contribution in [0.3, 0.4) is 0 Å². The Bertz CT molecular complexity index is 841. The van der Waals surface area contributed by atoms with Gasteiger partial charge in [-0.15, -0.1) is 0 Å². The SMILES string of the molecule is O=C(Cc1cccc(C(=O)O)c1)Nc1ccccc1C(=O)N1CCCC1. The molecule has 6 heteroatoms. The Labute approximate surface area is 151 Å². The summed E-state index contributed by atoms with van der Waals surface area (Å²) >= 11 is 0. The first-order valence-corrected chi connectivity index (χ1v) is 8.55. The smallest absolute Gasteiger partial charge is 0.335 e. The third-order valence-electron chi connectivity index (χ3n) is 4.36.